The first kappa shape index (κ1) is 14.9. The zero-order valence-electron chi connectivity index (χ0n) is 11.1. The zero-order chi connectivity index (χ0) is 14.9. The number of rotatable bonds is 3. The van der Waals surface area contributed by atoms with E-state index < -0.39 is 20.6 Å². The Hall–Kier alpha value is -1.51. The average Bonchev–Trinajstić information content (AvgIpc) is 2.41. The normalized spacial score (nSPS) is 24.5. The molecule has 7 nitrogen and oxygen atoms in total. The summed E-state index contributed by atoms with van der Waals surface area (Å²) in [4.78, 5) is 10.0. The molecule has 110 valence electrons. The Morgan fingerprint density at radius 2 is 2.05 bits per heavy atom. The fourth-order valence-corrected chi connectivity index (χ4v) is 3.90. The molecular weight excluding hydrogens is 282 g/mol. The van der Waals surface area contributed by atoms with Gasteiger partial charge >= 0.3 is 0 Å². The maximum atomic E-state index is 12.5. The first-order valence-electron chi connectivity index (χ1n) is 6.33. The molecule has 0 aromatic heterocycles. The fraction of sp³-hybridized carbons (Fsp3) is 0.500. The quantitative estimate of drug-likeness (QED) is 0.660. The lowest BCUT2D eigenvalue weighted by molar-refractivity contribution is -0.387. The number of hydrogen-bond acceptors (Lipinski definition) is 5. The van der Waals surface area contributed by atoms with Crippen LogP contribution in [-0.4, -0.2) is 36.8 Å². The molecule has 1 fully saturated rings. The van der Waals surface area contributed by atoms with Crippen LogP contribution < -0.4 is 5.73 Å². The van der Waals surface area contributed by atoms with Gasteiger partial charge in [0.1, 0.15) is 0 Å². The van der Waals surface area contributed by atoms with Crippen molar-refractivity contribution in [2.24, 2.45) is 11.7 Å². The van der Waals surface area contributed by atoms with Gasteiger partial charge in [0.05, 0.1) is 4.92 Å². The van der Waals surface area contributed by atoms with Crippen LogP contribution in [0.5, 0.6) is 0 Å². The predicted octanol–water partition coefficient (Wildman–Crippen LogP) is 0.953. The highest BCUT2D eigenvalue weighted by atomic mass is 32.2. The molecule has 1 aliphatic rings. The van der Waals surface area contributed by atoms with Gasteiger partial charge in [-0.15, -0.1) is 0 Å². The number of nitrogens with two attached hydrogens (primary N) is 1. The largest absolute Gasteiger partial charge is 0.326 e. The smallest absolute Gasteiger partial charge is 0.289 e. The van der Waals surface area contributed by atoms with Gasteiger partial charge in [0.2, 0.25) is 10.0 Å². The van der Waals surface area contributed by atoms with Crippen LogP contribution in [0.2, 0.25) is 0 Å². The van der Waals surface area contributed by atoms with Gasteiger partial charge in [-0.25, -0.2) is 8.42 Å². The monoisotopic (exact) mass is 299 g/mol. The number of nitro groups is 1. The summed E-state index contributed by atoms with van der Waals surface area (Å²) in [6.07, 6.45) is 0.654. The summed E-state index contributed by atoms with van der Waals surface area (Å²) < 4.78 is 26.3. The Bertz CT molecular complexity index is 617. The molecule has 2 atom stereocenters. The highest BCUT2D eigenvalue weighted by molar-refractivity contribution is 7.89. The fourth-order valence-electron chi connectivity index (χ4n) is 2.25. The second-order valence-electron chi connectivity index (χ2n) is 5.02. The van der Waals surface area contributed by atoms with Crippen LogP contribution in [0, 0.1) is 16.0 Å². The van der Waals surface area contributed by atoms with Gasteiger partial charge in [-0.05, 0) is 18.4 Å². The van der Waals surface area contributed by atoms with Crippen LogP contribution >= 0.6 is 0 Å². The molecule has 0 aliphatic carbocycles. The highest BCUT2D eigenvalue weighted by Crippen LogP contribution is 2.28. The number of hydrogen-bond donors (Lipinski definition) is 1. The van der Waals surface area contributed by atoms with E-state index in [2.05, 4.69) is 0 Å². The molecule has 8 heteroatoms. The summed E-state index contributed by atoms with van der Waals surface area (Å²) >= 11 is 0. The van der Waals surface area contributed by atoms with Crippen molar-refractivity contribution in [2.45, 2.75) is 24.3 Å². The van der Waals surface area contributed by atoms with Gasteiger partial charge in [0.25, 0.3) is 5.69 Å². The maximum Gasteiger partial charge on any atom is 0.289 e. The van der Waals surface area contributed by atoms with E-state index in [1.807, 2.05) is 6.92 Å². The summed E-state index contributed by atoms with van der Waals surface area (Å²) in [7, 11) is -3.88. The minimum absolute atomic E-state index is 0.190. The standard InChI is InChI=1S/C12H17N3O4S/c1-9-6-7-14(8-10(9)13)20(18,19)12-5-3-2-4-11(12)15(16)17/h2-5,9-10H,6-8,13H2,1H3. The zero-order valence-corrected chi connectivity index (χ0v) is 11.9. The molecule has 1 aromatic carbocycles. The molecule has 0 saturated carbocycles. The van der Waals surface area contributed by atoms with Crippen molar-refractivity contribution in [3.8, 4) is 0 Å². The Balaban J connectivity index is 2.39. The van der Waals surface area contributed by atoms with E-state index in [0.29, 0.717) is 13.0 Å². The van der Waals surface area contributed by atoms with Gasteiger partial charge in [0.15, 0.2) is 4.90 Å². The Labute approximate surface area is 117 Å². The van der Waals surface area contributed by atoms with E-state index >= 15 is 0 Å². The topological polar surface area (TPSA) is 107 Å². The Kier molecular flexibility index (Phi) is 4.07. The average molecular weight is 299 g/mol. The molecule has 1 aromatic rings. The molecule has 2 unspecified atom stereocenters. The van der Waals surface area contributed by atoms with Gasteiger partial charge in [0, 0.05) is 25.2 Å². The number of nitro benzene ring substituents is 1. The van der Waals surface area contributed by atoms with E-state index in [-0.39, 0.29) is 23.4 Å². The van der Waals surface area contributed by atoms with Gasteiger partial charge in [-0.2, -0.15) is 4.31 Å². The van der Waals surface area contributed by atoms with Crippen LogP contribution in [0.1, 0.15) is 13.3 Å². The first-order valence-corrected chi connectivity index (χ1v) is 7.77. The van der Waals surface area contributed by atoms with Gasteiger partial charge < -0.3 is 5.73 Å². The highest BCUT2D eigenvalue weighted by Gasteiger charge is 2.35. The molecule has 20 heavy (non-hydrogen) atoms. The molecule has 0 spiro atoms. The number of piperidine rings is 1. The van der Waals surface area contributed by atoms with Crippen LogP contribution in [0.25, 0.3) is 0 Å². The van der Waals surface area contributed by atoms with Crippen molar-refractivity contribution in [3.05, 3.63) is 34.4 Å². The van der Waals surface area contributed by atoms with Gasteiger partial charge in [-0.3, -0.25) is 10.1 Å². The molecular formula is C12H17N3O4S. The summed E-state index contributed by atoms with van der Waals surface area (Å²) in [6.45, 7) is 2.50. The molecule has 2 rings (SSSR count). The number of sulfonamides is 1. The molecule has 0 radical (unpaired) electrons. The molecule has 0 amide bonds. The third kappa shape index (κ3) is 2.67. The van der Waals surface area contributed by atoms with E-state index in [9.17, 15) is 18.5 Å². The molecule has 1 aliphatic heterocycles. The summed E-state index contributed by atoms with van der Waals surface area (Å²) in [5, 5.41) is 11.0. The predicted molar refractivity (Wildman–Crippen MR) is 73.6 cm³/mol. The minimum atomic E-state index is -3.88. The minimum Gasteiger partial charge on any atom is -0.326 e. The van der Waals surface area contributed by atoms with E-state index in [1.54, 1.807) is 0 Å². The second-order valence-corrected chi connectivity index (χ2v) is 6.92. The Morgan fingerprint density at radius 3 is 2.65 bits per heavy atom. The lowest BCUT2D eigenvalue weighted by atomic mass is 9.96. The van der Waals surface area contributed by atoms with Crippen molar-refractivity contribution in [2.75, 3.05) is 13.1 Å². The Morgan fingerprint density at radius 1 is 1.40 bits per heavy atom. The lowest BCUT2D eigenvalue weighted by Crippen LogP contribution is -2.49. The molecule has 0 bridgehead atoms. The van der Waals surface area contributed by atoms with E-state index in [0.717, 1.165) is 0 Å². The van der Waals surface area contributed by atoms with Crippen LogP contribution in [0.4, 0.5) is 5.69 Å². The van der Waals surface area contributed by atoms with E-state index in [4.69, 9.17) is 5.73 Å². The van der Waals surface area contributed by atoms with Crippen molar-refractivity contribution in [3.63, 3.8) is 0 Å². The SMILES string of the molecule is CC1CCN(S(=O)(=O)c2ccccc2[N+](=O)[O-])CC1N. The summed E-state index contributed by atoms with van der Waals surface area (Å²) in [5.74, 6) is 0.243. The number of benzene rings is 1. The van der Waals surface area contributed by atoms with E-state index in [1.165, 1.54) is 28.6 Å². The van der Waals surface area contributed by atoms with Crippen molar-refractivity contribution >= 4 is 15.7 Å². The van der Waals surface area contributed by atoms with Crippen molar-refractivity contribution in [1.82, 2.24) is 4.31 Å². The second kappa shape index (κ2) is 5.47. The third-order valence-electron chi connectivity index (χ3n) is 3.66. The molecule has 2 N–H and O–H groups in total. The lowest BCUT2D eigenvalue weighted by Gasteiger charge is -2.34. The van der Waals surface area contributed by atoms with Crippen molar-refractivity contribution in [1.29, 1.82) is 0 Å². The summed E-state index contributed by atoms with van der Waals surface area (Å²) in [6, 6.07) is 5.13. The van der Waals surface area contributed by atoms with Crippen LogP contribution in [-0.2, 0) is 10.0 Å². The maximum absolute atomic E-state index is 12.5. The third-order valence-corrected chi connectivity index (χ3v) is 5.57. The van der Waals surface area contributed by atoms with Gasteiger partial charge in [-0.1, -0.05) is 19.1 Å². The molecule has 1 saturated heterocycles. The first-order chi connectivity index (χ1) is 9.34. The number of nitrogens with zero attached hydrogens (tertiary/aromatic N) is 2. The molecule has 1 heterocycles. The number of para-hydroxylation sites is 1. The summed E-state index contributed by atoms with van der Waals surface area (Å²) in [5.41, 5.74) is 5.50. The van der Waals surface area contributed by atoms with Crippen LogP contribution in [0.15, 0.2) is 29.2 Å². The van der Waals surface area contributed by atoms with Crippen LogP contribution in [0.3, 0.4) is 0 Å². The van der Waals surface area contributed by atoms with Crippen molar-refractivity contribution < 1.29 is 13.3 Å².